The van der Waals surface area contributed by atoms with Crippen LogP contribution in [0.15, 0.2) is 48.5 Å². The molecule has 2 atom stereocenters. The van der Waals surface area contributed by atoms with Crippen molar-refractivity contribution in [2.75, 3.05) is 25.1 Å². The molecule has 1 amide bonds. The first-order chi connectivity index (χ1) is 12.1. The lowest BCUT2D eigenvalue weighted by atomic mass is 10.0. The van der Waals surface area contributed by atoms with E-state index >= 15 is 0 Å². The van der Waals surface area contributed by atoms with E-state index in [2.05, 4.69) is 10.2 Å². The largest absolute Gasteiger partial charge is 0.495 e. The van der Waals surface area contributed by atoms with E-state index in [1.807, 2.05) is 55.5 Å². The summed E-state index contributed by atoms with van der Waals surface area (Å²) in [7, 11) is 1.68. The van der Waals surface area contributed by atoms with Crippen LogP contribution in [0.25, 0.3) is 0 Å². The van der Waals surface area contributed by atoms with Gasteiger partial charge in [-0.2, -0.15) is 0 Å². The van der Waals surface area contributed by atoms with E-state index in [1.54, 1.807) is 7.11 Å². The van der Waals surface area contributed by atoms with Gasteiger partial charge in [-0.05, 0) is 31.0 Å². The Morgan fingerprint density at radius 2 is 1.85 bits per heavy atom. The lowest BCUT2D eigenvalue weighted by Crippen LogP contribution is -2.42. The molecule has 5 nitrogen and oxygen atoms in total. The molecule has 3 N–H and O–H groups in total. The first-order valence-electron chi connectivity index (χ1n) is 8.59. The number of anilines is 1. The number of nitrogens with one attached hydrogen (secondary N) is 1. The predicted molar refractivity (Wildman–Crippen MR) is 114 cm³/mol. The van der Waals surface area contributed by atoms with Gasteiger partial charge in [0.2, 0.25) is 5.91 Å². The Hall–Kier alpha value is -1.95. The number of para-hydroxylation sites is 2. The molecule has 1 heterocycles. The quantitative estimate of drug-likeness (QED) is 0.791. The van der Waals surface area contributed by atoms with Gasteiger partial charge in [-0.15, -0.1) is 24.8 Å². The summed E-state index contributed by atoms with van der Waals surface area (Å²) >= 11 is 0. The molecule has 1 aliphatic heterocycles. The Kier molecular flexibility index (Phi) is 8.89. The normalized spacial score (nSPS) is 16.7. The fourth-order valence-corrected chi connectivity index (χ4v) is 3.20. The molecule has 1 aliphatic rings. The summed E-state index contributed by atoms with van der Waals surface area (Å²) in [5.41, 5.74) is 9.16. The summed E-state index contributed by atoms with van der Waals surface area (Å²) in [6.45, 7) is 3.65. The van der Waals surface area contributed by atoms with Gasteiger partial charge in [0, 0.05) is 19.1 Å². The molecule has 2 unspecified atom stereocenters. The Labute approximate surface area is 173 Å². The third kappa shape index (κ3) is 5.51. The van der Waals surface area contributed by atoms with Crippen LogP contribution in [0.4, 0.5) is 5.69 Å². The number of carbonyl (C=O) groups excluding carboxylic acids is 1. The number of halogens is 2. The predicted octanol–water partition coefficient (Wildman–Crippen LogP) is 3.24. The minimum Gasteiger partial charge on any atom is -0.495 e. The van der Waals surface area contributed by atoms with Crippen molar-refractivity contribution in [1.82, 2.24) is 5.32 Å². The van der Waals surface area contributed by atoms with Crippen molar-refractivity contribution >= 4 is 36.4 Å². The average molecular weight is 412 g/mol. The van der Waals surface area contributed by atoms with Crippen LogP contribution in [0, 0.1) is 6.92 Å². The highest BCUT2D eigenvalue weighted by atomic mass is 35.5. The minimum atomic E-state index is -0.638. The van der Waals surface area contributed by atoms with Crippen molar-refractivity contribution in [3.05, 3.63) is 59.7 Å². The maximum Gasteiger partial charge on any atom is 0.241 e. The van der Waals surface area contributed by atoms with Crippen LogP contribution in [0.1, 0.15) is 23.6 Å². The molecular weight excluding hydrogens is 385 g/mol. The smallest absolute Gasteiger partial charge is 0.241 e. The third-order valence-corrected chi connectivity index (χ3v) is 4.68. The molecule has 2 aromatic rings. The van der Waals surface area contributed by atoms with Crippen LogP contribution >= 0.6 is 24.8 Å². The second kappa shape index (κ2) is 10.4. The number of methoxy groups -OCH3 is 1. The second-order valence-electron chi connectivity index (χ2n) is 6.50. The molecule has 0 radical (unpaired) electrons. The van der Waals surface area contributed by atoms with Crippen LogP contribution in [0.2, 0.25) is 0 Å². The lowest BCUT2D eigenvalue weighted by molar-refractivity contribution is -0.123. The Morgan fingerprint density at radius 3 is 2.52 bits per heavy atom. The van der Waals surface area contributed by atoms with Gasteiger partial charge in [-0.1, -0.05) is 42.0 Å². The molecule has 27 heavy (non-hydrogen) atoms. The third-order valence-electron chi connectivity index (χ3n) is 4.68. The van der Waals surface area contributed by atoms with Gasteiger partial charge in [0.25, 0.3) is 0 Å². The number of benzene rings is 2. The maximum absolute atomic E-state index is 12.5. The number of rotatable bonds is 5. The summed E-state index contributed by atoms with van der Waals surface area (Å²) in [5.74, 6) is 0.724. The van der Waals surface area contributed by atoms with E-state index in [4.69, 9.17) is 10.5 Å². The Morgan fingerprint density at radius 1 is 1.19 bits per heavy atom. The lowest BCUT2D eigenvalue weighted by Gasteiger charge is -2.22. The zero-order valence-electron chi connectivity index (χ0n) is 15.6. The second-order valence-corrected chi connectivity index (χ2v) is 6.50. The van der Waals surface area contributed by atoms with Crippen molar-refractivity contribution in [2.24, 2.45) is 5.73 Å². The van der Waals surface area contributed by atoms with E-state index in [0.717, 1.165) is 42.1 Å². The van der Waals surface area contributed by atoms with Gasteiger partial charge in [-0.25, -0.2) is 0 Å². The Bertz CT molecular complexity index is 740. The summed E-state index contributed by atoms with van der Waals surface area (Å²) in [6, 6.07) is 15.2. The fraction of sp³-hybridized carbons (Fsp3) is 0.350. The van der Waals surface area contributed by atoms with Gasteiger partial charge in [0.1, 0.15) is 11.8 Å². The molecule has 0 aliphatic carbocycles. The zero-order valence-corrected chi connectivity index (χ0v) is 17.2. The molecule has 1 fully saturated rings. The number of hydrogen-bond donors (Lipinski definition) is 2. The number of hydrogen-bond acceptors (Lipinski definition) is 4. The number of nitrogens with zero attached hydrogens (tertiary/aromatic N) is 1. The fourth-order valence-electron chi connectivity index (χ4n) is 3.20. The van der Waals surface area contributed by atoms with Crippen molar-refractivity contribution in [1.29, 1.82) is 0 Å². The number of aryl methyl sites for hydroxylation is 1. The molecule has 0 spiro atoms. The standard InChI is InChI=1S/C20H25N3O2.2ClH/c1-14-7-9-15(10-8-14)19(21)20(24)22-16-11-12-23(13-16)17-5-3-4-6-18(17)25-2;;/h3-10,16,19H,11-13,21H2,1-2H3,(H,22,24);2*1H. The van der Waals surface area contributed by atoms with Crippen molar-refractivity contribution in [3.8, 4) is 5.75 Å². The highest BCUT2D eigenvalue weighted by Gasteiger charge is 2.27. The van der Waals surface area contributed by atoms with Crippen LogP contribution in [-0.4, -0.2) is 32.1 Å². The number of carbonyl (C=O) groups is 1. The number of amides is 1. The van der Waals surface area contributed by atoms with E-state index in [1.165, 1.54) is 0 Å². The SMILES string of the molecule is COc1ccccc1N1CCC(NC(=O)C(N)c2ccc(C)cc2)C1.Cl.Cl. The van der Waals surface area contributed by atoms with Crippen LogP contribution in [0.5, 0.6) is 5.75 Å². The Balaban J connectivity index is 0.00000182. The molecule has 0 aromatic heterocycles. The summed E-state index contributed by atoms with van der Waals surface area (Å²) in [6.07, 6.45) is 0.893. The molecule has 7 heteroatoms. The van der Waals surface area contributed by atoms with E-state index in [0.29, 0.717) is 0 Å². The highest BCUT2D eigenvalue weighted by molar-refractivity contribution is 5.85. The minimum absolute atomic E-state index is 0. The van der Waals surface area contributed by atoms with Gasteiger partial charge >= 0.3 is 0 Å². The van der Waals surface area contributed by atoms with E-state index < -0.39 is 6.04 Å². The van der Waals surface area contributed by atoms with Crippen LogP contribution < -0.4 is 20.7 Å². The maximum atomic E-state index is 12.5. The highest BCUT2D eigenvalue weighted by Crippen LogP contribution is 2.30. The van der Waals surface area contributed by atoms with Gasteiger partial charge in [0.05, 0.1) is 12.8 Å². The van der Waals surface area contributed by atoms with Crippen molar-refractivity contribution in [2.45, 2.75) is 25.4 Å². The van der Waals surface area contributed by atoms with E-state index in [-0.39, 0.29) is 36.8 Å². The monoisotopic (exact) mass is 411 g/mol. The molecule has 1 saturated heterocycles. The summed E-state index contributed by atoms with van der Waals surface area (Å²) in [4.78, 5) is 14.7. The van der Waals surface area contributed by atoms with Crippen LogP contribution in [-0.2, 0) is 4.79 Å². The first-order valence-corrected chi connectivity index (χ1v) is 8.59. The molecule has 148 valence electrons. The van der Waals surface area contributed by atoms with E-state index in [9.17, 15) is 4.79 Å². The van der Waals surface area contributed by atoms with Gasteiger partial charge in [0.15, 0.2) is 0 Å². The number of nitrogens with two attached hydrogens (primary N) is 1. The summed E-state index contributed by atoms with van der Waals surface area (Å²) < 4.78 is 5.43. The topological polar surface area (TPSA) is 67.6 Å². The van der Waals surface area contributed by atoms with Gasteiger partial charge in [-0.3, -0.25) is 4.79 Å². The molecule has 0 bridgehead atoms. The number of ether oxygens (including phenoxy) is 1. The molecule has 3 rings (SSSR count). The average Bonchev–Trinajstić information content (AvgIpc) is 3.10. The summed E-state index contributed by atoms with van der Waals surface area (Å²) in [5, 5.41) is 3.08. The van der Waals surface area contributed by atoms with Crippen LogP contribution in [0.3, 0.4) is 0 Å². The first kappa shape index (κ1) is 23.1. The molecule has 0 saturated carbocycles. The zero-order chi connectivity index (χ0) is 17.8. The molecule has 2 aromatic carbocycles. The van der Waals surface area contributed by atoms with Crippen molar-refractivity contribution < 1.29 is 9.53 Å². The van der Waals surface area contributed by atoms with Crippen molar-refractivity contribution in [3.63, 3.8) is 0 Å². The van der Waals surface area contributed by atoms with Gasteiger partial charge < -0.3 is 20.7 Å². The molecular formula is C20H27Cl2N3O2.